The second-order valence-electron chi connectivity index (χ2n) is 8.62. The van der Waals surface area contributed by atoms with Gasteiger partial charge in [0.05, 0.1) is 0 Å². The normalized spacial score (nSPS) is 14.1. The first-order valence-electron chi connectivity index (χ1n) is 12.6. The van der Waals surface area contributed by atoms with Crippen LogP contribution in [0.25, 0.3) is 33.8 Å². The van der Waals surface area contributed by atoms with Crippen molar-refractivity contribution >= 4 is 0 Å². The molecule has 175 valence electrons. The van der Waals surface area contributed by atoms with E-state index in [9.17, 15) is 0 Å². The van der Waals surface area contributed by atoms with E-state index in [0.717, 1.165) is 22.6 Å². The molecule has 0 saturated carbocycles. The number of pyridine rings is 3. The summed E-state index contributed by atoms with van der Waals surface area (Å²) >= 11 is 0. The average molecular weight is 635 g/mol. The molecule has 3 nitrogen and oxygen atoms in total. The zero-order chi connectivity index (χ0) is 26.0. The SMILES string of the molecule is CC1(C)c2ccccc2-c2cc(-c3[c-]cccn3)ncc21.[2H]C([2H])([2H])c1ccc(-c2[c-]cccc2)nc1.[Ir]. The van der Waals surface area contributed by atoms with Gasteiger partial charge in [-0.05, 0) is 57.9 Å². The van der Waals surface area contributed by atoms with Gasteiger partial charge in [-0.1, -0.05) is 56.3 Å². The maximum Gasteiger partial charge on any atom is 0.0280 e. The molecule has 0 saturated heterocycles. The van der Waals surface area contributed by atoms with E-state index in [2.05, 4.69) is 71.3 Å². The molecule has 1 aliphatic rings. The summed E-state index contributed by atoms with van der Waals surface area (Å²) in [7, 11) is 0. The molecule has 3 aromatic heterocycles. The molecular weight excluding hydrogens is 607 g/mol. The molecule has 6 rings (SSSR count). The number of rotatable bonds is 2. The minimum absolute atomic E-state index is 0. The maximum absolute atomic E-state index is 7.23. The van der Waals surface area contributed by atoms with Gasteiger partial charge in [-0.3, -0.25) is 4.98 Å². The summed E-state index contributed by atoms with van der Waals surface area (Å²) in [5.41, 5.74) is 8.74. The van der Waals surface area contributed by atoms with Gasteiger partial charge >= 0.3 is 0 Å². The van der Waals surface area contributed by atoms with Gasteiger partial charge in [0, 0.05) is 42.0 Å². The predicted molar refractivity (Wildman–Crippen MR) is 137 cm³/mol. The summed E-state index contributed by atoms with van der Waals surface area (Å²) in [5, 5.41) is 0. The van der Waals surface area contributed by atoms with E-state index < -0.39 is 6.85 Å². The first-order chi connectivity index (χ1) is 17.7. The summed E-state index contributed by atoms with van der Waals surface area (Å²) in [4.78, 5) is 13.1. The van der Waals surface area contributed by atoms with E-state index in [4.69, 9.17) is 4.11 Å². The van der Waals surface area contributed by atoms with Crippen LogP contribution in [0.5, 0.6) is 0 Å². The number of nitrogens with zero attached hydrogens (tertiary/aromatic N) is 3. The number of hydrogen-bond acceptors (Lipinski definition) is 3. The van der Waals surface area contributed by atoms with Crippen LogP contribution in [0.3, 0.4) is 0 Å². The van der Waals surface area contributed by atoms with Crippen molar-refractivity contribution in [1.29, 1.82) is 0 Å². The van der Waals surface area contributed by atoms with Gasteiger partial charge in [0.1, 0.15) is 0 Å². The van der Waals surface area contributed by atoms with Gasteiger partial charge in [-0.15, -0.1) is 42.0 Å². The largest absolute Gasteiger partial charge is 0.318 e. The smallest absolute Gasteiger partial charge is 0.0280 e. The Morgan fingerprint density at radius 1 is 0.743 bits per heavy atom. The van der Waals surface area contributed by atoms with Crippen LogP contribution in [0.1, 0.15) is 34.7 Å². The molecule has 5 aromatic rings. The predicted octanol–water partition coefficient (Wildman–Crippen LogP) is 7.10. The fraction of sp³-hybridized carbons (Fsp3) is 0.129. The van der Waals surface area contributed by atoms with E-state index >= 15 is 0 Å². The third-order valence-electron chi connectivity index (χ3n) is 6.06. The average Bonchev–Trinajstić information content (AvgIpc) is 3.16. The Balaban J connectivity index is 0.000000179. The van der Waals surface area contributed by atoms with Crippen LogP contribution in [-0.4, -0.2) is 15.0 Å². The van der Waals surface area contributed by atoms with Gasteiger partial charge < -0.3 is 9.97 Å². The van der Waals surface area contributed by atoms with Crippen molar-refractivity contribution in [1.82, 2.24) is 15.0 Å². The zero-order valence-electron chi connectivity index (χ0n) is 22.4. The van der Waals surface area contributed by atoms with Crippen LogP contribution in [-0.2, 0) is 25.5 Å². The van der Waals surface area contributed by atoms with Crippen molar-refractivity contribution in [2.24, 2.45) is 0 Å². The van der Waals surface area contributed by atoms with E-state index in [0.29, 0.717) is 0 Å². The second kappa shape index (κ2) is 10.4. The van der Waals surface area contributed by atoms with Crippen LogP contribution in [0.15, 0.2) is 97.5 Å². The van der Waals surface area contributed by atoms with Crippen molar-refractivity contribution in [2.45, 2.75) is 26.1 Å². The van der Waals surface area contributed by atoms with Crippen LogP contribution in [0.2, 0.25) is 0 Å². The number of benzene rings is 2. The molecule has 0 bridgehead atoms. The fourth-order valence-corrected chi connectivity index (χ4v) is 4.28. The Labute approximate surface area is 224 Å². The van der Waals surface area contributed by atoms with Gasteiger partial charge in [-0.25, -0.2) is 0 Å². The summed E-state index contributed by atoms with van der Waals surface area (Å²) in [6.07, 6.45) is 5.16. The Hall–Kier alpha value is -3.46. The molecule has 1 aliphatic carbocycles. The molecule has 0 atom stereocenters. The minimum Gasteiger partial charge on any atom is -0.318 e. The van der Waals surface area contributed by atoms with Crippen LogP contribution < -0.4 is 0 Å². The zero-order valence-corrected chi connectivity index (χ0v) is 21.8. The molecule has 35 heavy (non-hydrogen) atoms. The molecule has 0 fully saturated rings. The van der Waals surface area contributed by atoms with Gasteiger partial charge in [0.25, 0.3) is 0 Å². The molecule has 0 amide bonds. The first-order valence-corrected chi connectivity index (χ1v) is 11.1. The molecule has 0 spiro atoms. The topological polar surface area (TPSA) is 38.7 Å². The molecule has 1 radical (unpaired) electrons. The van der Waals surface area contributed by atoms with E-state index in [1.807, 2.05) is 36.5 Å². The van der Waals surface area contributed by atoms with E-state index in [-0.39, 0.29) is 31.1 Å². The third kappa shape index (κ3) is 5.00. The van der Waals surface area contributed by atoms with Gasteiger partial charge in [0.15, 0.2) is 0 Å². The molecule has 0 unspecified atom stereocenters. The monoisotopic (exact) mass is 635 g/mol. The summed E-state index contributed by atoms with van der Waals surface area (Å²) in [6.45, 7) is 2.42. The van der Waals surface area contributed by atoms with Crippen LogP contribution in [0.4, 0.5) is 0 Å². The molecular formula is C31H25IrN3-2. The maximum atomic E-state index is 7.23. The van der Waals surface area contributed by atoms with Gasteiger partial charge in [-0.2, -0.15) is 12.1 Å². The van der Waals surface area contributed by atoms with Crippen molar-refractivity contribution in [3.63, 3.8) is 0 Å². The number of hydrogen-bond donors (Lipinski definition) is 0. The third-order valence-corrected chi connectivity index (χ3v) is 6.06. The van der Waals surface area contributed by atoms with Crippen LogP contribution in [0, 0.1) is 19.0 Å². The Kier molecular flexibility index (Phi) is 6.22. The standard InChI is InChI=1S/C19H15N2.C12H10N.Ir/c1-19(2)15-8-4-3-7-13(15)14-11-18(21-12-16(14)19)17-9-5-6-10-20-17;1-10-7-8-12(13-9-10)11-5-3-2-4-6-11;/h3-8,10-12H,1-2H3;2-5,7-9H,1H3;/q2*-1;/i;1D3;. The fourth-order valence-electron chi connectivity index (χ4n) is 4.28. The molecule has 2 aromatic carbocycles. The molecule has 0 N–H and O–H groups in total. The van der Waals surface area contributed by atoms with E-state index in [1.54, 1.807) is 24.4 Å². The quantitative estimate of drug-likeness (QED) is 0.195. The summed E-state index contributed by atoms with van der Waals surface area (Å²) in [6, 6.07) is 31.4. The van der Waals surface area contributed by atoms with Crippen molar-refractivity contribution < 1.29 is 24.2 Å². The minimum atomic E-state index is -2.09. The first kappa shape index (κ1) is 20.9. The van der Waals surface area contributed by atoms with E-state index in [1.165, 1.54) is 28.5 Å². The van der Waals surface area contributed by atoms with Crippen LogP contribution >= 0.6 is 0 Å². The second-order valence-corrected chi connectivity index (χ2v) is 8.62. The number of aryl methyl sites for hydroxylation is 1. The van der Waals surface area contributed by atoms with Crippen molar-refractivity contribution in [3.8, 4) is 33.8 Å². The Morgan fingerprint density at radius 2 is 1.54 bits per heavy atom. The summed E-state index contributed by atoms with van der Waals surface area (Å²) in [5.74, 6) is 0. The summed E-state index contributed by atoms with van der Waals surface area (Å²) < 4.78 is 21.7. The number of fused-ring (bicyclic) bond motifs is 3. The molecule has 0 aliphatic heterocycles. The Bertz CT molecular complexity index is 1520. The van der Waals surface area contributed by atoms with Crippen molar-refractivity contribution in [2.75, 3.05) is 0 Å². The molecule has 4 heteroatoms. The number of aromatic nitrogens is 3. The van der Waals surface area contributed by atoms with Gasteiger partial charge in [0.2, 0.25) is 0 Å². The van der Waals surface area contributed by atoms with Crippen molar-refractivity contribution in [3.05, 3.63) is 126 Å². The Morgan fingerprint density at radius 3 is 2.26 bits per heavy atom. The molecule has 3 heterocycles.